The van der Waals surface area contributed by atoms with Crippen LogP contribution in [-0.4, -0.2) is 34.1 Å². The molecule has 0 bridgehead atoms. The van der Waals surface area contributed by atoms with Gasteiger partial charge in [0.25, 0.3) is 5.91 Å². The fourth-order valence-corrected chi connectivity index (χ4v) is 3.11. The van der Waals surface area contributed by atoms with Crippen LogP contribution < -0.4 is 5.73 Å². The van der Waals surface area contributed by atoms with Gasteiger partial charge in [0.05, 0.1) is 5.52 Å². The molecule has 3 rings (SSSR count). The summed E-state index contributed by atoms with van der Waals surface area (Å²) >= 11 is 0. The SMILES string of the molecule is CC(C)C1CCN(C(=O)c2n[nH]c3ccc(N)cc23)CC1. The summed E-state index contributed by atoms with van der Waals surface area (Å²) in [4.78, 5) is 14.6. The molecule has 2 aromatic rings. The zero-order valence-corrected chi connectivity index (χ0v) is 12.6. The Morgan fingerprint density at radius 3 is 2.76 bits per heavy atom. The number of anilines is 1. The lowest BCUT2D eigenvalue weighted by Crippen LogP contribution is -2.39. The largest absolute Gasteiger partial charge is 0.399 e. The van der Waals surface area contributed by atoms with Crippen molar-refractivity contribution in [1.82, 2.24) is 15.1 Å². The number of nitrogens with zero attached hydrogens (tertiary/aromatic N) is 2. The fourth-order valence-electron chi connectivity index (χ4n) is 3.11. The van der Waals surface area contributed by atoms with Crippen molar-refractivity contribution in [3.8, 4) is 0 Å². The van der Waals surface area contributed by atoms with Gasteiger partial charge in [-0.3, -0.25) is 9.89 Å². The number of likely N-dealkylation sites (tertiary alicyclic amines) is 1. The van der Waals surface area contributed by atoms with Crippen LogP contribution in [0.4, 0.5) is 5.69 Å². The first kappa shape index (κ1) is 13.9. The summed E-state index contributed by atoms with van der Waals surface area (Å²) in [5, 5.41) is 7.91. The lowest BCUT2D eigenvalue weighted by atomic mass is 9.86. The molecule has 1 aromatic heterocycles. The van der Waals surface area contributed by atoms with Crippen molar-refractivity contribution in [1.29, 1.82) is 0 Å². The van der Waals surface area contributed by atoms with Crippen molar-refractivity contribution in [3.05, 3.63) is 23.9 Å². The van der Waals surface area contributed by atoms with Crippen molar-refractivity contribution in [2.75, 3.05) is 18.8 Å². The van der Waals surface area contributed by atoms with E-state index in [9.17, 15) is 4.79 Å². The molecule has 112 valence electrons. The molecule has 1 aliphatic rings. The summed E-state index contributed by atoms with van der Waals surface area (Å²) in [5.74, 6) is 1.42. The van der Waals surface area contributed by atoms with Crippen molar-refractivity contribution in [3.63, 3.8) is 0 Å². The van der Waals surface area contributed by atoms with Gasteiger partial charge in [0, 0.05) is 24.2 Å². The number of piperidine rings is 1. The highest BCUT2D eigenvalue weighted by molar-refractivity contribution is 6.05. The molecule has 5 heteroatoms. The second-order valence-electron chi connectivity index (χ2n) is 6.25. The summed E-state index contributed by atoms with van der Waals surface area (Å²) in [5.41, 5.74) is 7.80. The number of amides is 1. The Morgan fingerprint density at radius 1 is 1.38 bits per heavy atom. The number of rotatable bonds is 2. The third-order valence-electron chi connectivity index (χ3n) is 4.56. The molecule has 0 unspecified atom stereocenters. The van der Waals surface area contributed by atoms with Crippen LogP contribution in [0.25, 0.3) is 10.9 Å². The monoisotopic (exact) mass is 286 g/mol. The van der Waals surface area contributed by atoms with Crippen molar-refractivity contribution >= 4 is 22.5 Å². The van der Waals surface area contributed by atoms with Gasteiger partial charge in [-0.2, -0.15) is 5.10 Å². The number of benzene rings is 1. The van der Waals surface area contributed by atoms with Crippen molar-refractivity contribution in [2.45, 2.75) is 26.7 Å². The molecule has 0 atom stereocenters. The van der Waals surface area contributed by atoms with Crippen LogP contribution in [0.15, 0.2) is 18.2 Å². The quantitative estimate of drug-likeness (QED) is 0.833. The summed E-state index contributed by atoms with van der Waals surface area (Å²) in [6.07, 6.45) is 2.15. The Hall–Kier alpha value is -2.04. The minimum Gasteiger partial charge on any atom is -0.399 e. The van der Waals surface area contributed by atoms with Crippen molar-refractivity contribution < 1.29 is 4.79 Å². The number of carbonyl (C=O) groups is 1. The predicted molar refractivity (Wildman–Crippen MR) is 84.0 cm³/mol. The molecule has 3 N–H and O–H groups in total. The highest BCUT2D eigenvalue weighted by atomic mass is 16.2. The molecular formula is C16H22N4O. The van der Waals surface area contributed by atoms with Gasteiger partial charge in [0.15, 0.2) is 5.69 Å². The average molecular weight is 286 g/mol. The number of nitrogens with one attached hydrogen (secondary N) is 1. The van der Waals surface area contributed by atoms with Crippen LogP contribution in [0.2, 0.25) is 0 Å². The number of nitrogen functional groups attached to an aromatic ring is 1. The summed E-state index contributed by atoms with van der Waals surface area (Å²) in [7, 11) is 0. The molecule has 0 spiro atoms. The second-order valence-corrected chi connectivity index (χ2v) is 6.25. The molecular weight excluding hydrogens is 264 g/mol. The molecule has 0 saturated carbocycles. The number of hydrogen-bond acceptors (Lipinski definition) is 3. The van der Waals surface area contributed by atoms with Crippen LogP contribution >= 0.6 is 0 Å². The molecule has 2 heterocycles. The van der Waals surface area contributed by atoms with Crippen LogP contribution in [0.5, 0.6) is 0 Å². The Labute approximate surface area is 124 Å². The minimum atomic E-state index is 0.00839. The number of hydrogen-bond donors (Lipinski definition) is 2. The molecule has 0 radical (unpaired) electrons. The molecule has 1 aromatic carbocycles. The first-order valence-corrected chi connectivity index (χ1v) is 7.59. The van der Waals surface area contributed by atoms with E-state index in [0.29, 0.717) is 17.3 Å². The van der Waals surface area contributed by atoms with Crippen LogP contribution in [-0.2, 0) is 0 Å². The standard InChI is InChI=1S/C16H22N4O/c1-10(2)11-5-7-20(8-6-11)16(21)15-13-9-12(17)3-4-14(13)18-19-15/h3-4,9-11H,5-8,17H2,1-2H3,(H,18,19). The first-order chi connectivity index (χ1) is 10.1. The van der Waals surface area contributed by atoms with Crippen LogP contribution in [0.1, 0.15) is 37.2 Å². The van der Waals surface area contributed by atoms with Gasteiger partial charge < -0.3 is 10.6 Å². The van der Waals surface area contributed by atoms with Crippen molar-refractivity contribution in [2.24, 2.45) is 11.8 Å². The normalized spacial score (nSPS) is 16.8. The lowest BCUT2D eigenvalue weighted by Gasteiger charge is -2.33. The average Bonchev–Trinajstić information content (AvgIpc) is 2.89. The highest BCUT2D eigenvalue weighted by Gasteiger charge is 2.27. The maximum atomic E-state index is 12.7. The van der Waals surface area contributed by atoms with E-state index in [1.807, 2.05) is 23.1 Å². The van der Waals surface area contributed by atoms with E-state index in [1.54, 1.807) is 0 Å². The van der Waals surface area contributed by atoms with Crippen LogP contribution in [0, 0.1) is 11.8 Å². The van der Waals surface area contributed by atoms with E-state index < -0.39 is 0 Å². The number of H-pyrrole nitrogens is 1. The van der Waals surface area contributed by atoms with Gasteiger partial charge in [-0.05, 0) is 42.9 Å². The second kappa shape index (κ2) is 5.39. The van der Waals surface area contributed by atoms with E-state index >= 15 is 0 Å². The van der Waals surface area contributed by atoms with Crippen LogP contribution in [0.3, 0.4) is 0 Å². The molecule has 21 heavy (non-hydrogen) atoms. The molecule has 1 saturated heterocycles. The van der Waals surface area contributed by atoms with E-state index in [1.165, 1.54) is 0 Å². The summed E-state index contributed by atoms with van der Waals surface area (Å²) in [6, 6.07) is 5.48. The fraction of sp³-hybridized carbons (Fsp3) is 0.500. The number of fused-ring (bicyclic) bond motifs is 1. The topological polar surface area (TPSA) is 75.0 Å². The molecule has 0 aliphatic carbocycles. The summed E-state index contributed by atoms with van der Waals surface area (Å²) in [6.45, 7) is 6.15. The van der Waals surface area contributed by atoms with E-state index in [2.05, 4.69) is 24.0 Å². The molecule has 1 fully saturated rings. The first-order valence-electron chi connectivity index (χ1n) is 7.59. The third kappa shape index (κ3) is 2.60. The lowest BCUT2D eigenvalue weighted by molar-refractivity contribution is 0.0663. The molecule has 1 amide bonds. The number of aromatic nitrogens is 2. The smallest absolute Gasteiger partial charge is 0.274 e. The Kier molecular flexibility index (Phi) is 3.57. The maximum Gasteiger partial charge on any atom is 0.274 e. The van der Waals surface area contributed by atoms with Gasteiger partial charge in [-0.1, -0.05) is 13.8 Å². The maximum absolute atomic E-state index is 12.7. The molecule has 1 aliphatic heterocycles. The van der Waals surface area contributed by atoms with E-state index in [-0.39, 0.29) is 5.91 Å². The molecule has 5 nitrogen and oxygen atoms in total. The van der Waals surface area contributed by atoms with Gasteiger partial charge >= 0.3 is 0 Å². The van der Waals surface area contributed by atoms with Gasteiger partial charge in [0.1, 0.15) is 0 Å². The Bertz CT molecular complexity index is 653. The van der Waals surface area contributed by atoms with Gasteiger partial charge in [0.2, 0.25) is 0 Å². The Balaban J connectivity index is 1.80. The number of nitrogens with two attached hydrogens (primary N) is 1. The Morgan fingerprint density at radius 2 is 2.10 bits per heavy atom. The predicted octanol–water partition coefficient (Wildman–Crippen LogP) is 2.65. The zero-order valence-electron chi connectivity index (χ0n) is 12.6. The zero-order chi connectivity index (χ0) is 15.0. The number of aromatic amines is 1. The number of carbonyl (C=O) groups excluding carboxylic acids is 1. The van der Waals surface area contributed by atoms with Gasteiger partial charge in [-0.25, -0.2) is 0 Å². The van der Waals surface area contributed by atoms with Gasteiger partial charge in [-0.15, -0.1) is 0 Å². The van der Waals surface area contributed by atoms with E-state index in [0.717, 1.165) is 42.8 Å². The third-order valence-corrected chi connectivity index (χ3v) is 4.56. The highest BCUT2D eigenvalue weighted by Crippen LogP contribution is 2.26. The minimum absolute atomic E-state index is 0.00839. The van der Waals surface area contributed by atoms with E-state index in [4.69, 9.17) is 5.73 Å². The summed E-state index contributed by atoms with van der Waals surface area (Å²) < 4.78 is 0.